The molecule has 0 bridgehead atoms. The lowest BCUT2D eigenvalue weighted by atomic mass is 9.84. The van der Waals surface area contributed by atoms with Crippen molar-refractivity contribution in [1.29, 1.82) is 0 Å². The highest BCUT2D eigenvalue weighted by molar-refractivity contribution is 5.83. The number of carbonyl (C=O) groups is 2. The molecule has 0 aliphatic carbocycles. The van der Waals surface area contributed by atoms with Crippen molar-refractivity contribution >= 4 is 11.9 Å². The summed E-state index contributed by atoms with van der Waals surface area (Å²) >= 11 is 0. The highest BCUT2D eigenvalue weighted by Gasteiger charge is 2.49. The van der Waals surface area contributed by atoms with Gasteiger partial charge in [0.05, 0.1) is 23.5 Å². The monoisotopic (exact) mass is 283 g/mol. The number of nitrogens with zero attached hydrogens (tertiary/aromatic N) is 1. The van der Waals surface area contributed by atoms with Crippen LogP contribution in [-0.2, 0) is 14.3 Å². The van der Waals surface area contributed by atoms with E-state index < -0.39 is 11.4 Å². The van der Waals surface area contributed by atoms with Crippen LogP contribution in [0.4, 0.5) is 0 Å². The summed E-state index contributed by atoms with van der Waals surface area (Å²) in [7, 11) is 0. The molecule has 2 rings (SSSR count). The number of ether oxygens (including phenoxy) is 1. The molecule has 0 saturated carbocycles. The van der Waals surface area contributed by atoms with Crippen LogP contribution >= 0.6 is 0 Å². The maximum Gasteiger partial charge on any atom is 0.311 e. The van der Waals surface area contributed by atoms with Gasteiger partial charge in [-0.15, -0.1) is 0 Å². The van der Waals surface area contributed by atoms with Gasteiger partial charge in [0.2, 0.25) is 5.91 Å². The van der Waals surface area contributed by atoms with Gasteiger partial charge >= 0.3 is 5.97 Å². The largest absolute Gasteiger partial charge is 0.481 e. The van der Waals surface area contributed by atoms with Crippen LogP contribution in [-0.4, -0.2) is 47.2 Å². The Balaban J connectivity index is 2.10. The molecule has 2 aliphatic heterocycles. The standard InChI is InChI=1S/C15H25NO4/c1-5-15(14(18)19)6-7-16(8-15)13(17)12-9(2)10(3)20-11(12)4/h9-12H,5-8H2,1-4H3,(H,18,19). The fourth-order valence-electron chi connectivity index (χ4n) is 3.58. The predicted molar refractivity (Wildman–Crippen MR) is 74.2 cm³/mol. The Morgan fingerprint density at radius 1 is 1.30 bits per heavy atom. The number of carboxylic acid groups (broad SMARTS) is 1. The Hall–Kier alpha value is -1.10. The van der Waals surface area contributed by atoms with Gasteiger partial charge in [-0.2, -0.15) is 0 Å². The summed E-state index contributed by atoms with van der Waals surface area (Å²) < 4.78 is 5.73. The second kappa shape index (κ2) is 5.35. The summed E-state index contributed by atoms with van der Waals surface area (Å²) in [6.07, 6.45) is 1.11. The van der Waals surface area contributed by atoms with Crippen LogP contribution in [0.1, 0.15) is 40.5 Å². The zero-order valence-corrected chi connectivity index (χ0v) is 12.8. The number of carbonyl (C=O) groups excluding carboxylic acids is 1. The molecule has 5 heteroatoms. The molecule has 114 valence electrons. The number of carboxylic acids is 1. The summed E-state index contributed by atoms with van der Waals surface area (Å²) in [5.41, 5.74) is -0.757. The number of hydrogen-bond donors (Lipinski definition) is 1. The average Bonchev–Trinajstić information content (AvgIpc) is 2.93. The minimum atomic E-state index is -0.785. The van der Waals surface area contributed by atoms with Crippen molar-refractivity contribution < 1.29 is 19.4 Å². The highest BCUT2D eigenvalue weighted by Crippen LogP contribution is 2.38. The maximum absolute atomic E-state index is 12.7. The van der Waals surface area contributed by atoms with Gasteiger partial charge in [-0.1, -0.05) is 13.8 Å². The Morgan fingerprint density at radius 3 is 2.35 bits per heavy atom. The third kappa shape index (κ3) is 2.32. The quantitative estimate of drug-likeness (QED) is 0.857. The zero-order valence-electron chi connectivity index (χ0n) is 12.8. The molecule has 5 unspecified atom stereocenters. The molecule has 2 fully saturated rings. The molecule has 0 radical (unpaired) electrons. The number of likely N-dealkylation sites (tertiary alicyclic amines) is 1. The molecular formula is C15H25NO4. The van der Waals surface area contributed by atoms with Crippen LogP contribution in [0.15, 0.2) is 0 Å². The van der Waals surface area contributed by atoms with Gasteiger partial charge in [-0.25, -0.2) is 0 Å². The van der Waals surface area contributed by atoms with E-state index in [1.54, 1.807) is 4.90 Å². The normalized spacial score (nSPS) is 41.1. The van der Waals surface area contributed by atoms with Crippen molar-refractivity contribution in [1.82, 2.24) is 4.90 Å². The molecule has 0 aromatic heterocycles. The van der Waals surface area contributed by atoms with E-state index in [-0.39, 0.29) is 30.0 Å². The number of hydrogen-bond acceptors (Lipinski definition) is 3. The van der Waals surface area contributed by atoms with Gasteiger partial charge < -0.3 is 14.7 Å². The molecule has 0 spiro atoms. The van der Waals surface area contributed by atoms with Gasteiger partial charge in [0, 0.05) is 13.1 Å². The molecule has 0 aromatic rings. The third-order valence-electron chi connectivity index (χ3n) is 5.32. The molecule has 5 nitrogen and oxygen atoms in total. The maximum atomic E-state index is 12.7. The zero-order chi connectivity index (χ0) is 15.1. The topological polar surface area (TPSA) is 66.8 Å². The van der Waals surface area contributed by atoms with Crippen molar-refractivity contribution in [3.05, 3.63) is 0 Å². The summed E-state index contributed by atoms with van der Waals surface area (Å²) in [6, 6.07) is 0. The first-order valence-corrected chi connectivity index (χ1v) is 7.50. The van der Waals surface area contributed by atoms with E-state index in [1.165, 1.54) is 0 Å². The van der Waals surface area contributed by atoms with Crippen LogP contribution in [0.25, 0.3) is 0 Å². The van der Waals surface area contributed by atoms with Gasteiger partial charge in [-0.3, -0.25) is 9.59 Å². The predicted octanol–water partition coefficient (Wildman–Crippen LogP) is 1.76. The fourth-order valence-corrected chi connectivity index (χ4v) is 3.58. The summed E-state index contributed by atoms with van der Waals surface area (Å²) in [4.78, 5) is 25.9. The molecule has 1 amide bonds. The Bertz CT molecular complexity index is 411. The Labute approximate surface area is 120 Å². The molecule has 5 atom stereocenters. The molecule has 0 aromatic carbocycles. The molecule has 2 heterocycles. The Kier molecular flexibility index (Phi) is 4.09. The van der Waals surface area contributed by atoms with Crippen molar-refractivity contribution in [2.45, 2.75) is 52.7 Å². The van der Waals surface area contributed by atoms with E-state index in [4.69, 9.17) is 4.74 Å². The summed E-state index contributed by atoms with van der Waals surface area (Å²) in [6.45, 7) is 8.73. The lowest BCUT2D eigenvalue weighted by Crippen LogP contribution is -2.42. The second-order valence-electron chi connectivity index (χ2n) is 6.38. The number of rotatable bonds is 3. The lowest BCUT2D eigenvalue weighted by Gasteiger charge is -2.27. The number of aliphatic carboxylic acids is 1. The van der Waals surface area contributed by atoms with E-state index in [9.17, 15) is 14.7 Å². The average molecular weight is 283 g/mol. The van der Waals surface area contributed by atoms with E-state index in [0.717, 1.165) is 0 Å². The first-order chi connectivity index (χ1) is 9.32. The van der Waals surface area contributed by atoms with Crippen LogP contribution in [0.5, 0.6) is 0 Å². The summed E-state index contributed by atoms with van der Waals surface area (Å²) in [5, 5.41) is 9.41. The summed E-state index contributed by atoms with van der Waals surface area (Å²) in [5.74, 6) is -0.691. The van der Waals surface area contributed by atoms with Crippen LogP contribution < -0.4 is 0 Å². The molecular weight excluding hydrogens is 258 g/mol. The van der Waals surface area contributed by atoms with Crippen molar-refractivity contribution in [2.75, 3.05) is 13.1 Å². The fraction of sp³-hybridized carbons (Fsp3) is 0.867. The first-order valence-electron chi connectivity index (χ1n) is 7.50. The number of amides is 1. The van der Waals surface area contributed by atoms with Crippen molar-refractivity contribution in [3.8, 4) is 0 Å². The van der Waals surface area contributed by atoms with E-state index in [0.29, 0.717) is 25.9 Å². The van der Waals surface area contributed by atoms with Gasteiger partial charge in [0.1, 0.15) is 0 Å². The third-order valence-corrected chi connectivity index (χ3v) is 5.32. The van der Waals surface area contributed by atoms with E-state index in [1.807, 2.05) is 27.7 Å². The molecule has 2 aliphatic rings. The van der Waals surface area contributed by atoms with Crippen molar-refractivity contribution in [2.24, 2.45) is 17.3 Å². The minimum Gasteiger partial charge on any atom is -0.481 e. The highest BCUT2D eigenvalue weighted by atomic mass is 16.5. The second-order valence-corrected chi connectivity index (χ2v) is 6.38. The van der Waals surface area contributed by atoms with Gasteiger partial charge in [0.25, 0.3) is 0 Å². The van der Waals surface area contributed by atoms with Crippen molar-refractivity contribution in [3.63, 3.8) is 0 Å². The smallest absolute Gasteiger partial charge is 0.311 e. The Morgan fingerprint density at radius 2 is 1.95 bits per heavy atom. The lowest BCUT2D eigenvalue weighted by molar-refractivity contribution is -0.149. The van der Waals surface area contributed by atoms with E-state index in [2.05, 4.69) is 0 Å². The minimum absolute atomic E-state index is 0.0610. The molecule has 20 heavy (non-hydrogen) atoms. The van der Waals surface area contributed by atoms with Crippen LogP contribution in [0.2, 0.25) is 0 Å². The van der Waals surface area contributed by atoms with Gasteiger partial charge in [0.15, 0.2) is 0 Å². The van der Waals surface area contributed by atoms with Crippen LogP contribution in [0.3, 0.4) is 0 Å². The SMILES string of the molecule is CCC1(C(=O)O)CCN(C(=O)C2C(C)OC(C)C2C)C1. The van der Waals surface area contributed by atoms with Crippen LogP contribution in [0, 0.1) is 17.3 Å². The molecule has 1 N–H and O–H groups in total. The molecule has 2 saturated heterocycles. The first kappa shape index (κ1) is 15.3. The van der Waals surface area contributed by atoms with Gasteiger partial charge in [-0.05, 0) is 32.6 Å². The van der Waals surface area contributed by atoms with E-state index >= 15 is 0 Å².